The van der Waals surface area contributed by atoms with Crippen molar-refractivity contribution in [1.82, 2.24) is 14.5 Å². The van der Waals surface area contributed by atoms with Crippen molar-refractivity contribution in [1.29, 1.82) is 0 Å². The fourth-order valence-corrected chi connectivity index (χ4v) is 4.62. The predicted molar refractivity (Wildman–Crippen MR) is 113 cm³/mol. The summed E-state index contributed by atoms with van der Waals surface area (Å²) in [7, 11) is 0. The average molecular weight is 418 g/mol. The van der Waals surface area contributed by atoms with Crippen molar-refractivity contribution in [2.45, 2.75) is 57.3 Å². The van der Waals surface area contributed by atoms with Gasteiger partial charge in [-0.15, -0.1) is 0 Å². The Labute approximate surface area is 174 Å². The Morgan fingerprint density at radius 1 is 1.28 bits per heavy atom. The first-order valence-corrected chi connectivity index (χ1v) is 11.0. The number of amides is 1. The summed E-state index contributed by atoms with van der Waals surface area (Å²) in [6.07, 6.45) is 2.40. The third kappa shape index (κ3) is 4.63. The molecular weight excluding hydrogens is 390 g/mol. The molecule has 2 aromatic rings. The molecule has 7 nitrogen and oxygen atoms in total. The molecule has 1 aliphatic heterocycles. The first kappa shape index (κ1) is 21.4. The molecule has 1 aromatic carbocycles. The molecule has 1 aliphatic rings. The number of aromatic nitrogens is 2. The number of esters is 1. The van der Waals surface area contributed by atoms with Gasteiger partial charge in [-0.1, -0.05) is 23.9 Å². The first-order valence-electron chi connectivity index (χ1n) is 10.0. The third-order valence-corrected chi connectivity index (χ3v) is 5.94. The lowest BCUT2D eigenvalue weighted by atomic mass is 10.0. The SMILES string of the molecule is CCOC(=O)[C@H]1CCCCN1C(=O)CSc1nc2ccccc2c(=O)n1C(C)C. The van der Waals surface area contributed by atoms with Gasteiger partial charge in [-0.25, -0.2) is 9.78 Å². The molecule has 1 atom stereocenters. The van der Waals surface area contributed by atoms with E-state index in [2.05, 4.69) is 4.98 Å². The zero-order valence-corrected chi connectivity index (χ0v) is 17.9. The second kappa shape index (κ2) is 9.43. The molecule has 2 heterocycles. The van der Waals surface area contributed by atoms with Crippen LogP contribution in [0.15, 0.2) is 34.2 Å². The zero-order valence-electron chi connectivity index (χ0n) is 17.1. The van der Waals surface area contributed by atoms with E-state index in [0.29, 0.717) is 35.6 Å². The number of piperidine rings is 1. The monoisotopic (exact) mass is 417 g/mol. The number of thioether (sulfide) groups is 1. The number of carbonyl (C=O) groups excluding carboxylic acids is 2. The number of hydrogen-bond acceptors (Lipinski definition) is 6. The normalized spacial score (nSPS) is 17.0. The number of hydrogen-bond donors (Lipinski definition) is 0. The van der Waals surface area contributed by atoms with Gasteiger partial charge in [0.05, 0.1) is 23.3 Å². The van der Waals surface area contributed by atoms with Crippen LogP contribution in [0.2, 0.25) is 0 Å². The van der Waals surface area contributed by atoms with Gasteiger partial charge in [0.1, 0.15) is 6.04 Å². The summed E-state index contributed by atoms with van der Waals surface area (Å²) in [5.74, 6) is -0.355. The van der Waals surface area contributed by atoms with Crippen molar-refractivity contribution in [3.8, 4) is 0 Å². The lowest BCUT2D eigenvalue weighted by Crippen LogP contribution is -2.49. The highest BCUT2D eigenvalue weighted by atomic mass is 32.2. The number of rotatable bonds is 6. The van der Waals surface area contributed by atoms with E-state index in [4.69, 9.17) is 4.74 Å². The van der Waals surface area contributed by atoms with Crippen LogP contribution in [0.1, 0.15) is 46.1 Å². The Hall–Kier alpha value is -2.35. The molecule has 0 saturated carbocycles. The highest BCUT2D eigenvalue weighted by Gasteiger charge is 2.33. The summed E-state index contributed by atoms with van der Waals surface area (Å²) in [4.78, 5) is 44.3. The zero-order chi connectivity index (χ0) is 21.0. The molecule has 1 fully saturated rings. The van der Waals surface area contributed by atoms with Crippen molar-refractivity contribution < 1.29 is 14.3 Å². The van der Waals surface area contributed by atoms with E-state index in [1.165, 1.54) is 11.8 Å². The second-order valence-corrected chi connectivity index (χ2v) is 8.26. The smallest absolute Gasteiger partial charge is 0.328 e. The van der Waals surface area contributed by atoms with E-state index in [0.717, 1.165) is 12.8 Å². The molecule has 0 bridgehead atoms. The van der Waals surface area contributed by atoms with Gasteiger partial charge in [0, 0.05) is 12.6 Å². The van der Waals surface area contributed by atoms with Crippen LogP contribution in [0.4, 0.5) is 0 Å². The number of nitrogens with zero attached hydrogens (tertiary/aromatic N) is 3. The second-order valence-electron chi connectivity index (χ2n) is 7.32. The standard InChI is InChI=1S/C21H27N3O4S/c1-4-28-20(27)17-11-7-8-12-23(17)18(25)13-29-21-22-16-10-6-5-9-15(16)19(26)24(21)14(2)3/h5-6,9-10,14,17H,4,7-8,11-13H2,1-3H3/t17-/m1/s1. The highest BCUT2D eigenvalue weighted by molar-refractivity contribution is 7.99. The summed E-state index contributed by atoms with van der Waals surface area (Å²) < 4.78 is 6.77. The summed E-state index contributed by atoms with van der Waals surface area (Å²) in [5, 5.41) is 1.08. The van der Waals surface area contributed by atoms with Gasteiger partial charge in [0.25, 0.3) is 5.56 Å². The minimum absolute atomic E-state index is 0.0838. The molecule has 0 spiro atoms. The van der Waals surface area contributed by atoms with Gasteiger partial charge in [-0.3, -0.25) is 14.2 Å². The summed E-state index contributed by atoms with van der Waals surface area (Å²) in [6.45, 7) is 6.45. The number of carbonyl (C=O) groups is 2. The third-order valence-electron chi connectivity index (χ3n) is 5.00. The maximum Gasteiger partial charge on any atom is 0.328 e. The summed E-state index contributed by atoms with van der Waals surface area (Å²) >= 11 is 1.24. The van der Waals surface area contributed by atoms with Crippen LogP contribution in [-0.4, -0.2) is 51.3 Å². The van der Waals surface area contributed by atoms with Gasteiger partial charge in [-0.05, 0) is 52.2 Å². The van der Waals surface area contributed by atoms with Crippen LogP contribution in [0.25, 0.3) is 10.9 Å². The van der Waals surface area contributed by atoms with Gasteiger partial charge < -0.3 is 9.64 Å². The average Bonchev–Trinajstić information content (AvgIpc) is 2.72. The molecule has 0 N–H and O–H groups in total. The molecule has 1 amide bonds. The predicted octanol–water partition coefficient (Wildman–Crippen LogP) is 3.01. The molecule has 1 aromatic heterocycles. The molecular formula is C21H27N3O4S. The Morgan fingerprint density at radius 3 is 2.76 bits per heavy atom. The molecule has 156 valence electrons. The van der Waals surface area contributed by atoms with E-state index >= 15 is 0 Å². The Morgan fingerprint density at radius 2 is 2.03 bits per heavy atom. The van der Waals surface area contributed by atoms with Crippen molar-refractivity contribution >= 4 is 34.5 Å². The van der Waals surface area contributed by atoms with Crippen LogP contribution in [-0.2, 0) is 14.3 Å². The molecule has 0 aliphatic carbocycles. The number of fused-ring (bicyclic) bond motifs is 1. The molecule has 8 heteroatoms. The maximum atomic E-state index is 12.9. The topological polar surface area (TPSA) is 81.5 Å². The van der Waals surface area contributed by atoms with Crippen LogP contribution in [0, 0.1) is 0 Å². The lowest BCUT2D eigenvalue weighted by Gasteiger charge is -2.34. The van der Waals surface area contributed by atoms with E-state index < -0.39 is 6.04 Å². The molecule has 0 unspecified atom stereocenters. The van der Waals surface area contributed by atoms with E-state index in [1.54, 1.807) is 28.5 Å². The Kier molecular flexibility index (Phi) is 6.95. The van der Waals surface area contributed by atoms with Crippen molar-refractivity contribution in [2.75, 3.05) is 18.9 Å². The highest BCUT2D eigenvalue weighted by Crippen LogP contribution is 2.24. The van der Waals surface area contributed by atoms with Crippen molar-refractivity contribution in [3.05, 3.63) is 34.6 Å². The Balaban J connectivity index is 1.82. The fraction of sp³-hybridized carbons (Fsp3) is 0.524. The Bertz CT molecular complexity index is 957. The maximum absolute atomic E-state index is 12.9. The van der Waals surface area contributed by atoms with Crippen LogP contribution in [0.3, 0.4) is 0 Å². The number of likely N-dealkylation sites (tertiary alicyclic amines) is 1. The number of benzene rings is 1. The van der Waals surface area contributed by atoms with E-state index in [1.807, 2.05) is 26.0 Å². The van der Waals surface area contributed by atoms with Gasteiger partial charge in [0.2, 0.25) is 5.91 Å². The molecule has 3 rings (SSSR count). The first-order chi connectivity index (χ1) is 13.9. The van der Waals surface area contributed by atoms with Crippen molar-refractivity contribution in [3.63, 3.8) is 0 Å². The van der Waals surface area contributed by atoms with Crippen LogP contribution < -0.4 is 5.56 Å². The van der Waals surface area contributed by atoms with Crippen LogP contribution >= 0.6 is 11.8 Å². The largest absolute Gasteiger partial charge is 0.464 e. The quantitative estimate of drug-likeness (QED) is 0.408. The van der Waals surface area contributed by atoms with Crippen LogP contribution in [0.5, 0.6) is 0 Å². The summed E-state index contributed by atoms with van der Waals surface area (Å²) in [6, 6.07) is 6.62. The minimum atomic E-state index is -0.520. The van der Waals surface area contributed by atoms with Gasteiger partial charge in [0.15, 0.2) is 5.16 Å². The summed E-state index contributed by atoms with van der Waals surface area (Å²) in [5.41, 5.74) is 0.509. The molecule has 0 radical (unpaired) electrons. The van der Waals surface area contributed by atoms with Crippen molar-refractivity contribution in [2.24, 2.45) is 0 Å². The van der Waals surface area contributed by atoms with E-state index in [-0.39, 0.29) is 29.2 Å². The number of ether oxygens (including phenoxy) is 1. The van der Waals surface area contributed by atoms with E-state index in [9.17, 15) is 14.4 Å². The number of para-hydroxylation sites is 1. The van der Waals surface area contributed by atoms with Gasteiger partial charge >= 0.3 is 5.97 Å². The lowest BCUT2D eigenvalue weighted by molar-refractivity contribution is -0.155. The molecule has 29 heavy (non-hydrogen) atoms. The minimum Gasteiger partial charge on any atom is -0.464 e. The van der Waals surface area contributed by atoms with Gasteiger partial charge in [-0.2, -0.15) is 0 Å². The molecule has 1 saturated heterocycles. The fourth-order valence-electron chi connectivity index (χ4n) is 3.61.